The third kappa shape index (κ3) is 5.04. The van der Waals surface area contributed by atoms with E-state index in [1.54, 1.807) is 0 Å². The first-order chi connectivity index (χ1) is 10.9. The van der Waals surface area contributed by atoms with Crippen molar-refractivity contribution >= 4 is 5.78 Å². The molecule has 3 nitrogen and oxygen atoms in total. The van der Waals surface area contributed by atoms with Gasteiger partial charge in [0.25, 0.3) is 0 Å². The summed E-state index contributed by atoms with van der Waals surface area (Å²) in [5, 5.41) is 0. The molecule has 0 amide bonds. The van der Waals surface area contributed by atoms with E-state index in [-0.39, 0.29) is 11.3 Å². The van der Waals surface area contributed by atoms with Crippen LogP contribution in [0.4, 0.5) is 13.2 Å². The number of Topliss-reactive ketones (excluding diaryl/α,β-unsaturated/α-hetero) is 1. The summed E-state index contributed by atoms with van der Waals surface area (Å²) in [6.07, 6.45) is -1.19. The van der Waals surface area contributed by atoms with Crippen molar-refractivity contribution in [2.24, 2.45) is 0 Å². The van der Waals surface area contributed by atoms with E-state index >= 15 is 0 Å². The predicted molar refractivity (Wildman–Crippen MR) is 79.1 cm³/mol. The van der Waals surface area contributed by atoms with Gasteiger partial charge in [0.15, 0.2) is 12.1 Å². The summed E-state index contributed by atoms with van der Waals surface area (Å²) < 4.78 is 48.8. The van der Waals surface area contributed by atoms with Gasteiger partial charge in [-0.05, 0) is 25.0 Å². The molecule has 0 aliphatic carbocycles. The largest absolute Gasteiger partial charge is 0.416 e. The molecule has 6 heteroatoms. The van der Waals surface area contributed by atoms with Crippen LogP contribution < -0.4 is 0 Å². The predicted octanol–water partition coefficient (Wildman–Crippen LogP) is 4.60. The van der Waals surface area contributed by atoms with E-state index in [2.05, 4.69) is 6.92 Å². The number of ketones is 1. The molecule has 1 saturated heterocycles. The molecule has 2 rings (SSSR count). The molecule has 2 atom stereocenters. The number of benzene rings is 1. The molecule has 1 aliphatic heterocycles. The first-order valence-electron chi connectivity index (χ1n) is 7.90. The monoisotopic (exact) mass is 330 g/mol. The Hall–Kier alpha value is -1.40. The Labute approximate surface area is 133 Å². The molecule has 1 aliphatic rings. The van der Waals surface area contributed by atoms with Crippen molar-refractivity contribution in [2.75, 3.05) is 6.61 Å². The van der Waals surface area contributed by atoms with E-state index in [1.165, 1.54) is 12.1 Å². The van der Waals surface area contributed by atoms with Crippen molar-refractivity contribution in [1.82, 2.24) is 0 Å². The molecular weight excluding hydrogens is 309 g/mol. The summed E-state index contributed by atoms with van der Waals surface area (Å²) in [5.74, 6) is -0.289. The van der Waals surface area contributed by atoms with Crippen LogP contribution in [-0.4, -0.2) is 24.8 Å². The lowest BCUT2D eigenvalue weighted by atomic mass is 10.0. The fourth-order valence-corrected chi connectivity index (χ4v) is 2.51. The van der Waals surface area contributed by atoms with E-state index < -0.39 is 24.1 Å². The molecule has 0 spiro atoms. The van der Waals surface area contributed by atoms with Gasteiger partial charge in [0.05, 0.1) is 12.2 Å². The van der Waals surface area contributed by atoms with Crippen molar-refractivity contribution in [1.29, 1.82) is 0 Å². The van der Waals surface area contributed by atoms with Gasteiger partial charge in [0.1, 0.15) is 6.10 Å². The van der Waals surface area contributed by atoms with Crippen molar-refractivity contribution in [2.45, 2.75) is 57.6 Å². The van der Waals surface area contributed by atoms with Crippen molar-refractivity contribution < 1.29 is 27.4 Å². The van der Waals surface area contributed by atoms with Crippen LogP contribution in [0.1, 0.15) is 54.9 Å². The summed E-state index contributed by atoms with van der Waals surface area (Å²) in [4.78, 5) is 12.4. The molecule has 0 saturated carbocycles. The Morgan fingerprint density at radius 3 is 2.52 bits per heavy atom. The number of rotatable bonds is 6. The Bertz CT molecular complexity index is 511. The fraction of sp³-hybridized carbons (Fsp3) is 0.588. The molecule has 0 unspecified atom stereocenters. The zero-order chi connectivity index (χ0) is 16.9. The molecule has 1 aromatic carbocycles. The number of alkyl halides is 3. The van der Waals surface area contributed by atoms with E-state index in [0.29, 0.717) is 13.0 Å². The highest BCUT2D eigenvalue weighted by Crippen LogP contribution is 2.29. The molecule has 1 heterocycles. The average molecular weight is 330 g/mol. The smallest absolute Gasteiger partial charge is 0.353 e. The van der Waals surface area contributed by atoms with Crippen LogP contribution in [0.5, 0.6) is 0 Å². The van der Waals surface area contributed by atoms with Gasteiger partial charge >= 0.3 is 6.18 Å². The number of halogens is 3. The Kier molecular flexibility index (Phi) is 6.18. The Morgan fingerprint density at radius 2 is 1.91 bits per heavy atom. The standard InChI is InChI=1S/C17H21F3O3/c1-2-3-4-5-15-22-11-10-14(23-15)16(21)12-6-8-13(9-7-12)17(18,19)20/h6-9,14-15H,2-5,10-11H2,1H3/t14-,15+/m0/s1. The third-order valence-corrected chi connectivity index (χ3v) is 3.83. The number of carbonyl (C=O) groups is 1. The molecule has 0 aromatic heterocycles. The van der Waals surface area contributed by atoms with Gasteiger partial charge in [-0.15, -0.1) is 0 Å². The fourth-order valence-electron chi connectivity index (χ4n) is 2.51. The van der Waals surface area contributed by atoms with Crippen LogP contribution in [0.15, 0.2) is 24.3 Å². The maximum absolute atomic E-state index is 12.5. The van der Waals surface area contributed by atoms with E-state index in [9.17, 15) is 18.0 Å². The topological polar surface area (TPSA) is 35.5 Å². The second-order valence-corrected chi connectivity index (χ2v) is 5.65. The normalized spacial score (nSPS) is 22.1. The van der Waals surface area contributed by atoms with Crippen LogP contribution in [0.25, 0.3) is 0 Å². The van der Waals surface area contributed by atoms with Crippen LogP contribution in [-0.2, 0) is 15.7 Å². The molecule has 0 N–H and O–H groups in total. The first kappa shape index (κ1) is 17.9. The minimum atomic E-state index is -4.40. The molecule has 128 valence electrons. The summed E-state index contributed by atoms with van der Waals surface area (Å²) in [6.45, 7) is 2.52. The van der Waals surface area contributed by atoms with Crippen LogP contribution in [0, 0.1) is 0 Å². The van der Waals surface area contributed by atoms with Crippen molar-refractivity contribution in [3.8, 4) is 0 Å². The molecule has 23 heavy (non-hydrogen) atoms. The number of unbranched alkanes of at least 4 members (excludes halogenated alkanes) is 2. The number of hydrogen-bond donors (Lipinski definition) is 0. The van der Waals surface area contributed by atoms with Crippen LogP contribution in [0.2, 0.25) is 0 Å². The van der Waals surface area contributed by atoms with Crippen molar-refractivity contribution in [3.63, 3.8) is 0 Å². The van der Waals surface area contributed by atoms with E-state index in [4.69, 9.17) is 9.47 Å². The number of carbonyl (C=O) groups excluding carboxylic acids is 1. The average Bonchev–Trinajstić information content (AvgIpc) is 2.54. The van der Waals surface area contributed by atoms with Gasteiger partial charge < -0.3 is 9.47 Å². The Balaban J connectivity index is 1.96. The Morgan fingerprint density at radius 1 is 1.22 bits per heavy atom. The first-order valence-corrected chi connectivity index (χ1v) is 7.90. The van der Waals surface area contributed by atoms with Gasteiger partial charge in [-0.1, -0.05) is 31.9 Å². The van der Waals surface area contributed by atoms with E-state index in [0.717, 1.165) is 37.8 Å². The zero-order valence-corrected chi connectivity index (χ0v) is 13.1. The number of ether oxygens (including phenoxy) is 2. The highest BCUT2D eigenvalue weighted by Gasteiger charge is 2.32. The molecule has 0 radical (unpaired) electrons. The van der Waals surface area contributed by atoms with Gasteiger partial charge in [0, 0.05) is 12.0 Å². The molecule has 1 fully saturated rings. The van der Waals surface area contributed by atoms with Gasteiger partial charge in [-0.2, -0.15) is 13.2 Å². The van der Waals surface area contributed by atoms with Gasteiger partial charge in [-0.25, -0.2) is 0 Å². The SMILES string of the molecule is CCCCC[C@@H]1OCC[C@@H](C(=O)c2ccc(C(F)(F)F)cc2)O1. The number of hydrogen-bond acceptors (Lipinski definition) is 3. The lowest BCUT2D eigenvalue weighted by Crippen LogP contribution is -2.37. The molecular formula is C17H21F3O3. The minimum absolute atomic E-state index is 0.234. The van der Waals surface area contributed by atoms with Gasteiger partial charge in [-0.3, -0.25) is 4.79 Å². The second-order valence-electron chi connectivity index (χ2n) is 5.65. The highest BCUT2D eigenvalue weighted by atomic mass is 19.4. The lowest BCUT2D eigenvalue weighted by molar-refractivity contribution is -0.202. The third-order valence-electron chi connectivity index (χ3n) is 3.83. The summed E-state index contributed by atoms with van der Waals surface area (Å²) >= 11 is 0. The summed E-state index contributed by atoms with van der Waals surface area (Å²) in [7, 11) is 0. The highest BCUT2D eigenvalue weighted by molar-refractivity contribution is 5.99. The van der Waals surface area contributed by atoms with Crippen LogP contribution >= 0.6 is 0 Å². The van der Waals surface area contributed by atoms with Crippen molar-refractivity contribution in [3.05, 3.63) is 35.4 Å². The second kappa shape index (κ2) is 7.93. The maximum Gasteiger partial charge on any atom is 0.416 e. The minimum Gasteiger partial charge on any atom is -0.353 e. The zero-order valence-electron chi connectivity index (χ0n) is 13.1. The maximum atomic E-state index is 12.5. The van der Waals surface area contributed by atoms with Gasteiger partial charge in [0.2, 0.25) is 0 Å². The van der Waals surface area contributed by atoms with E-state index in [1.807, 2.05) is 0 Å². The summed E-state index contributed by atoms with van der Waals surface area (Å²) in [5.41, 5.74) is -0.531. The lowest BCUT2D eigenvalue weighted by Gasteiger charge is -2.29. The molecule has 1 aromatic rings. The molecule has 0 bridgehead atoms. The van der Waals surface area contributed by atoms with Crippen LogP contribution in [0.3, 0.4) is 0 Å². The summed E-state index contributed by atoms with van der Waals surface area (Å²) in [6, 6.07) is 4.25. The quantitative estimate of drug-likeness (QED) is 0.565.